The molecule has 5 heteroatoms. The van der Waals surface area contributed by atoms with Crippen molar-refractivity contribution in [2.24, 2.45) is 5.92 Å². The number of carbonyl (C=O) groups excluding carboxylic acids is 2. The summed E-state index contributed by atoms with van der Waals surface area (Å²) in [7, 11) is 0. The molecule has 0 aromatic heterocycles. The lowest BCUT2D eigenvalue weighted by Crippen LogP contribution is -2.14. The number of hydrogen-bond donors (Lipinski definition) is 2. The Morgan fingerprint density at radius 3 is 1.96 bits per heavy atom. The van der Waals surface area contributed by atoms with Crippen LogP contribution in [0.3, 0.4) is 0 Å². The molecular formula is C21H23N3O2. The number of aryl methyl sites for hydroxylation is 1. The van der Waals surface area contributed by atoms with Crippen molar-refractivity contribution < 1.29 is 9.59 Å². The lowest BCUT2D eigenvalue weighted by atomic mass is 10.1. The van der Waals surface area contributed by atoms with E-state index in [-0.39, 0.29) is 11.8 Å². The molecule has 0 bridgehead atoms. The van der Waals surface area contributed by atoms with Gasteiger partial charge in [-0.15, -0.1) is 0 Å². The summed E-state index contributed by atoms with van der Waals surface area (Å²) in [5, 5.41) is 14.5. The van der Waals surface area contributed by atoms with Gasteiger partial charge in [-0.2, -0.15) is 5.26 Å². The molecule has 2 N–H and O–H groups in total. The molecule has 0 radical (unpaired) electrons. The van der Waals surface area contributed by atoms with Gasteiger partial charge in [0.1, 0.15) is 0 Å². The smallest absolute Gasteiger partial charge is 0.224 e. The van der Waals surface area contributed by atoms with Gasteiger partial charge in [-0.05, 0) is 54.3 Å². The van der Waals surface area contributed by atoms with Crippen LogP contribution >= 0.6 is 0 Å². The molecule has 0 spiro atoms. The molecule has 0 saturated carbocycles. The lowest BCUT2D eigenvalue weighted by molar-refractivity contribution is -0.117. The largest absolute Gasteiger partial charge is 0.326 e. The Hall–Kier alpha value is -3.13. The van der Waals surface area contributed by atoms with Crippen molar-refractivity contribution in [3.63, 3.8) is 0 Å². The number of nitrogens with one attached hydrogen (secondary N) is 2. The molecule has 0 aliphatic rings. The molecule has 0 aliphatic carbocycles. The van der Waals surface area contributed by atoms with E-state index in [0.717, 1.165) is 5.56 Å². The Kier molecular flexibility index (Phi) is 6.92. The maximum Gasteiger partial charge on any atom is 0.224 e. The van der Waals surface area contributed by atoms with Crippen LogP contribution < -0.4 is 10.6 Å². The van der Waals surface area contributed by atoms with Crippen molar-refractivity contribution in [3.05, 3.63) is 59.7 Å². The number of nitriles is 1. The van der Waals surface area contributed by atoms with Crippen LogP contribution in [-0.4, -0.2) is 11.8 Å². The fourth-order valence-corrected chi connectivity index (χ4v) is 2.45. The van der Waals surface area contributed by atoms with E-state index >= 15 is 0 Å². The summed E-state index contributed by atoms with van der Waals surface area (Å²) in [6, 6.07) is 16.4. The average Bonchev–Trinajstić information content (AvgIpc) is 2.61. The van der Waals surface area contributed by atoms with E-state index in [1.807, 2.05) is 26.0 Å². The number of rotatable bonds is 7. The number of carbonyl (C=O) groups is 2. The molecule has 5 nitrogen and oxygen atoms in total. The summed E-state index contributed by atoms with van der Waals surface area (Å²) < 4.78 is 0. The highest BCUT2D eigenvalue weighted by atomic mass is 16.2. The molecule has 2 aromatic carbocycles. The topological polar surface area (TPSA) is 82.0 Å². The van der Waals surface area contributed by atoms with Crippen molar-refractivity contribution in [3.8, 4) is 6.07 Å². The molecule has 0 unspecified atom stereocenters. The molecule has 2 amide bonds. The second-order valence-corrected chi connectivity index (χ2v) is 6.58. The minimum Gasteiger partial charge on any atom is -0.326 e. The molecule has 0 saturated heterocycles. The lowest BCUT2D eigenvalue weighted by Gasteiger charge is -2.09. The minimum absolute atomic E-state index is 0.0146. The third kappa shape index (κ3) is 6.40. The van der Waals surface area contributed by atoms with Crippen molar-refractivity contribution in [2.75, 3.05) is 10.6 Å². The van der Waals surface area contributed by atoms with Crippen LogP contribution in [-0.2, 0) is 16.0 Å². The highest BCUT2D eigenvalue weighted by Gasteiger charge is 2.06. The van der Waals surface area contributed by atoms with Crippen molar-refractivity contribution in [1.29, 1.82) is 5.26 Å². The van der Waals surface area contributed by atoms with Gasteiger partial charge in [0.2, 0.25) is 11.8 Å². The van der Waals surface area contributed by atoms with Crippen LogP contribution in [0.1, 0.15) is 37.8 Å². The summed E-state index contributed by atoms with van der Waals surface area (Å²) in [4.78, 5) is 23.8. The first kappa shape index (κ1) is 19.2. The summed E-state index contributed by atoms with van der Waals surface area (Å²) >= 11 is 0. The van der Waals surface area contributed by atoms with Gasteiger partial charge in [0.25, 0.3) is 0 Å². The zero-order valence-electron chi connectivity index (χ0n) is 15.1. The first-order valence-electron chi connectivity index (χ1n) is 8.65. The van der Waals surface area contributed by atoms with E-state index in [1.165, 1.54) is 0 Å². The maximum absolute atomic E-state index is 12.1. The number of anilines is 2. The Balaban J connectivity index is 1.81. The highest BCUT2D eigenvalue weighted by Crippen LogP contribution is 2.15. The summed E-state index contributed by atoms with van der Waals surface area (Å²) in [6.07, 6.45) is 1.45. The maximum atomic E-state index is 12.1. The summed E-state index contributed by atoms with van der Waals surface area (Å²) in [5.74, 6) is 0.217. The SMILES string of the molecule is CC(C)CC(=O)Nc1ccc(NC(=O)CCc2ccc(C#N)cc2)cc1. The van der Waals surface area contributed by atoms with E-state index in [2.05, 4.69) is 16.7 Å². The molecule has 2 aromatic rings. The fraction of sp³-hybridized carbons (Fsp3) is 0.286. The molecule has 0 fully saturated rings. The molecule has 134 valence electrons. The molecule has 26 heavy (non-hydrogen) atoms. The Morgan fingerprint density at radius 2 is 1.46 bits per heavy atom. The van der Waals surface area contributed by atoms with E-state index in [1.54, 1.807) is 36.4 Å². The Labute approximate surface area is 154 Å². The van der Waals surface area contributed by atoms with E-state index in [9.17, 15) is 9.59 Å². The van der Waals surface area contributed by atoms with Gasteiger partial charge in [-0.3, -0.25) is 9.59 Å². The predicted octanol–water partition coefficient (Wildman–Crippen LogP) is 4.11. The van der Waals surface area contributed by atoms with Gasteiger partial charge in [-0.1, -0.05) is 26.0 Å². The molecule has 0 atom stereocenters. The van der Waals surface area contributed by atoms with Crippen molar-refractivity contribution in [1.82, 2.24) is 0 Å². The van der Waals surface area contributed by atoms with Crippen LogP contribution in [0.2, 0.25) is 0 Å². The van der Waals surface area contributed by atoms with Gasteiger partial charge in [-0.25, -0.2) is 0 Å². The van der Waals surface area contributed by atoms with E-state index < -0.39 is 0 Å². The molecule has 2 rings (SSSR count). The van der Waals surface area contributed by atoms with E-state index in [0.29, 0.717) is 42.1 Å². The second kappa shape index (κ2) is 9.38. The van der Waals surface area contributed by atoms with Gasteiger partial charge in [0, 0.05) is 24.2 Å². The fourth-order valence-electron chi connectivity index (χ4n) is 2.45. The second-order valence-electron chi connectivity index (χ2n) is 6.58. The number of hydrogen-bond acceptors (Lipinski definition) is 3. The van der Waals surface area contributed by atoms with Crippen LogP contribution in [0.25, 0.3) is 0 Å². The highest BCUT2D eigenvalue weighted by molar-refractivity contribution is 5.93. The third-order valence-corrected chi connectivity index (χ3v) is 3.77. The van der Waals surface area contributed by atoms with Gasteiger partial charge < -0.3 is 10.6 Å². The Morgan fingerprint density at radius 1 is 0.923 bits per heavy atom. The zero-order valence-corrected chi connectivity index (χ0v) is 15.1. The van der Waals surface area contributed by atoms with Crippen molar-refractivity contribution >= 4 is 23.2 Å². The van der Waals surface area contributed by atoms with Gasteiger partial charge in [0.15, 0.2) is 0 Å². The first-order chi connectivity index (χ1) is 12.5. The van der Waals surface area contributed by atoms with Gasteiger partial charge >= 0.3 is 0 Å². The number of amides is 2. The van der Waals surface area contributed by atoms with Crippen LogP contribution in [0, 0.1) is 17.2 Å². The third-order valence-electron chi connectivity index (χ3n) is 3.77. The minimum atomic E-state index is -0.0778. The predicted molar refractivity (Wildman–Crippen MR) is 103 cm³/mol. The van der Waals surface area contributed by atoms with Crippen LogP contribution in [0.4, 0.5) is 11.4 Å². The number of benzene rings is 2. The van der Waals surface area contributed by atoms with Crippen molar-refractivity contribution in [2.45, 2.75) is 33.1 Å². The van der Waals surface area contributed by atoms with Crippen LogP contribution in [0.15, 0.2) is 48.5 Å². The van der Waals surface area contributed by atoms with E-state index in [4.69, 9.17) is 5.26 Å². The standard InChI is InChI=1S/C21H23N3O2/c1-15(2)13-21(26)24-19-10-8-18(9-11-19)23-20(25)12-7-16-3-5-17(14-22)6-4-16/h3-6,8-11,15H,7,12-13H2,1-2H3,(H,23,25)(H,24,26). The normalized spacial score (nSPS) is 10.2. The average molecular weight is 349 g/mol. The first-order valence-corrected chi connectivity index (χ1v) is 8.65. The molecule has 0 heterocycles. The summed E-state index contributed by atoms with van der Waals surface area (Å²) in [5.41, 5.74) is 3.03. The van der Waals surface area contributed by atoms with Gasteiger partial charge in [0.05, 0.1) is 11.6 Å². The summed E-state index contributed by atoms with van der Waals surface area (Å²) in [6.45, 7) is 3.99. The Bertz CT molecular complexity index is 788. The number of nitrogens with zero attached hydrogens (tertiary/aromatic N) is 1. The quantitative estimate of drug-likeness (QED) is 0.789. The molecular weight excluding hydrogens is 326 g/mol. The zero-order chi connectivity index (χ0) is 18.9. The molecule has 0 aliphatic heterocycles. The van der Waals surface area contributed by atoms with Crippen LogP contribution in [0.5, 0.6) is 0 Å². The monoisotopic (exact) mass is 349 g/mol.